The van der Waals surface area contributed by atoms with Gasteiger partial charge in [-0.2, -0.15) is 4.99 Å². The van der Waals surface area contributed by atoms with E-state index >= 15 is 0 Å². The Morgan fingerprint density at radius 2 is 1.74 bits per heavy atom. The molecule has 2 N–H and O–H groups in total. The standard InChI is InChI=1S/C15H21N3O/c1-9(2)11-5-7-12(8-6-11)13-14(16)17-15(19)18(13)10(3)4/h5-10,13H,1-4H3,(H2,16,17,19). The van der Waals surface area contributed by atoms with Crippen molar-refractivity contribution < 1.29 is 4.79 Å². The minimum Gasteiger partial charge on any atom is -0.385 e. The third-order valence-electron chi connectivity index (χ3n) is 3.48. The fourth-order valence-electron chi connectivity index (χ4n) is 2.40. The fourth-order valence-corrected chi connectivity index (χ4v) is 2.40. The summed E-state index contributed by atoms with van der Waals surface area (Å²) in [6, 6.07) is 7.86. The number of aliphatic imine (C=N–C) groups is 1. The van der Waals surface area contributed by atoms with Crippen molar-refractivity contribution in [1.82, 2.24) is 4.90 Å². The van der Waals surface area contributed by atoms with E-state index in [1.165, 1.54) is 5.56 Å². The number of rotatable bonds is 3. The molecule has 1 aromatic carbocycles. The van der Waals surface area contributed by atoms with Gasteiger partial charge in [-0.05, 0) is 30.9 Å². The summed E-state index contributed by atoms with van der Waals surface area (Å²) >= 11 is 0. The first-order chi connectivity index (χ1) is 8.91. The van der Waals surface area contributed by atoms with Crippen LogP contribution in [0.4, 0.5) is 4.79 Å². The van der Waals surface area contributed by atoms with Crippen LogP contribution in [0.3, 0.4) is 0 Å². The van der Waals surface area contributed by atoms with E-state index in [1.54, 1.807) is 4.90 Å². The molecule has 1 aliphatic rings. The highest BCUT2D eigenvalue weighted by Crippen LogP contribution is 2.29. The molecular formula is C15H21N3O. The zero-order valence-corrected chi connectivity index (χ0v) is 11.9. The first-order valence-electron chi connectivity index (χ1n) is 6.68. The Kier molecular flexibility index (Phi) is 3.60. The average molecular weight is 259 g/mol. The van der Waals surface area contributed by atoms with Crippen molar-refractivity contribution in [2.24, 2.45) is 10.7 Å². The molecule has 2 rings (SSSR count). The van der Waals surface area contributed by atoms with Gasteiger partial charge in [0.2, 0.25) is 0 Å². The SMILES string of the molecule is CC(C)c1ccc(C2C(N)=NC(=O)N2C(C)C)cc1. The summed E-state index contributed by atoms with van der Waals surface area (Å²) in [5.41, 5.74) is 8.21. The third kappa shape index (κ3) is 2.48. The number of carbonyl (C=O) groups is 1. The van der Waals surface area contributed by atoms with Crippen LogP contribution in [0.2, 0.25) is 0 Å². The number of hydrogen-bond donors (Lipinski definition) is 1. The minimum absolute atomic E-state index is 0.0760. The number of nitrogens with two attached hydrogens (primary N) is 1. The predicted molar refractivity (Wildman–Crippen MR) is 77.3 cm³/mol. The van der Waals surface area contributed by atoms with Gasteiger partial charge in [0.15, 0.2) is 0 Å². The molecule has 1 aliphatic heterocycles. The molecule has 1 unspecified atom stereocenters. The number of hydrogen-bond acceptors (Lipinski definition) is 2. The van der Waals surface area contributed by atoms with E-state index in [9.17, 15) is 4.79 Å². The van der Waals surface area contributed by atoms with E-state index in [2.05, 4.69) is 31.0 Å². The number of amides is 2. The quantitative estimate of drug-likeness (QED) is 0.907. The van der Waals surface area contributed by atoms with E-state index in [0.29, 0.717) is 11.8 Å². The Bertz CT molecular complexity index is 503. The van der Waals surface area contributed by atoms with Crippen LogP contribution in [-0.4, -0.2) is 22.8 Å². The molecule has 0 aromatic heterocycles. The molecule has 0 radical (unpaired) electrons. The fraction of sp³-hybridized carbons (Fsp3) is 0.467. The van der Waals surface area contributed by atoms with Gasteiger partial charge in [0, 0.05) is 6.04 Å². The Balaban J connectivity index is 2.34. The van der Waals surface area contributed by atoms with Crippen LogP contribution >= 0.6 is 0 Å². The topological polar surface area (TPSA) is 58.7 Å². The Labute approximate surface area is 114 Å². The van der Waals surface area contributed by atoms with Crippen LogP contribution in [0.25, 0.3) is 0 Å². The van der Waals surface area contributed by atoms with Gasteiger partial charge in [-0.3, -0.25) is 0 Å². The van der Waals surface area contributed by atoms with Gasteiger partial charge in [-0.25, -0.2) is 4.79 Å². The number of carbonyl (C=O) groups excluding carboxylic acids is 1. The lowest BCUT2D eigenvalue weighted by atomic mass is 9.98. The average Bonchev–Trinajstić information content (AvgIpc) is 2.64. The summed E-state index contributed by atoms with van der Waals surface area (Å²) in [5, 5.41) is 0. The van der Waals surface area contributed by atoms with Crippen molar-refractivity contribution in [3.63, 3.8) is 0 Å². The zero-order valence-electron chi connectivity index (χ0n) is 11.9. The molecule has 0 spiro atoms. The molecule has 1 heterocycles. The summed E-state index contributed by atoms with van der Waals surface area (Å²) in [5.74, 6) is 0.877. The van der Waals surface area contributed by atoms with Crippen molar-refractivity contribution in [3.8, 4) is 0 Å². The van der Waals surface area contributed by atoms with Crippen LogP contribution in [0, 0.1) is 0 Å². The lowest BCUT2D eigenvalue weighted by molar-refractivity contribution is 0.190. The van der Waals surface area contributed by atoms with Crippen molar-refractivity contribution in [3.05, 3.63) is 35.4 Å². The maximum Gasteiger partial charge on any atom is 0.346 e. The van der Waals surface area contributed by atoms with Gasteiger partial charge in [-0.15, -0.1) is 0 Å². The van der Waals surface area contributed by atoms with Crippen molar-refractivity contribution >= 4 is 11.9 Å². The van der Waals surface area contributed by atoms with E-state index in [4.69, 9.17) is 5.73 Å². The van der Waals surface area contributed by atoms with Crippen LogP contribution in [0.15, 0.2) is 29.3 Å². The smallest absolute Gasteiger partial charge is 0.346 e. The molecule has 2 amide bonds. The molecule has 1 atom stereocenters. The summed E-state index contributed by atoms with van der Waals surface area (Å²) < 4.78 is 0. The molecule has 1 aromatic rings. The highest BCUT2D eigenvalue weighted by Gasteiger charge is 2.36. The van der Waals surface area contributed by atoms with Crippen LogP contribution in [-0.2, 0) is 0 Å². The van der Waals surface area contributed by atoms with Crippen molar-refractivity contribution in [2.75, 3.05) is 0 Å². The Morgan fingerprint density at radius 1 is 1.16 bits per heavy atom. The molecule has 19 heavy (non-hydrogen) atoms. The zero-order chi connectivity index (χ0) is 14.2. The Hall–Kier alpha value is -1.84. The minimum atomic E-state index is -0.245. The first kappa shape index (κ1) is 13.6. The van der Waals surface area contributed by atoms with Gasteiger partial charge in [0.1, 0.15) is 11.9 Å². The second-order valence-electron chi connectivity index (χ2n) is 5.54. The molecule has 4 heteroatoms. The maximum atomic E-state index is 11.8. The van der Waals surface area contributed by atoms with Gasteiger partial charge >= 0.3 is 6.03 Å². The summed E-state index contributed by atoms with van der Waals surface area (Å²) in [6.45, 7) is 8.26. The molecule has 0 aliphatic carbocycles. The third-order valence-corrected chi connectivity index (χ3v) is 3.48. The van der Waals surface area contributed by atoms with Gasteiger partial charge in [-0.1, -0.05) is 38.1 Å². The molecule has 4 nitrogen and oxygen atoms in total. The van der Waals surface area contributed by atoms with E-state index < -0.39 is 0 Å². The summed E-state index contributed by atoms with van der Waals surface area (Å²) in [7, 11) is 0. The lowest BCUT2D eigenvalue weighted by Gasteiger charge is -2.28. The molecule has 0 saturated carbocycles. The van der Waals surface area contributed by atoms with Crippen molar-refractivity contribution in [2.45, 2.75) is 45.7 Å². The maximum absolute atomic E-state index is 11.8. The van der Waals surface area contributed by atoms with Gasteiger partial charge < -0.3 is 10.6 Å². The van der Waals surface area contributed by atoms with Crippen LogP contribution in [0.5, 0.6) is 0 Å². The summed E-state index contributed by atoms with van der Waals surface area (Å²) in [6.07, 6.45) is 0. The molecule has 0 fully saturated rings. The molecule has 0 bridgehead atoms. The van der Waals surface area contributed by atoms with E-state index in [1.807, 2.05) is 26.0 Å². The second kappa shape index (κ2) is 5.03. The molecular weight excluding hydrogens is 238 g/mol. The molecule has 0 saturated heterocycles. The largest absolute Gasteiger partial charge is 0.385 e. The molecule has 102 valence electrons. The Morgan fingerprint density at radius 3 is 2.21 bits per heavy atom. The highest BCUT2D eigenvalue weighted by atomic mass is 16.2. The first-order valence-corrected chi connectivity index (χ1v) is 6.68. The number of nitrogens with zero attached hydrogens (tertiary/aromatic N) is 2. The van der Waals surface area contributed by atoms with Gasteiger partial charge in [0.05, 0.1) is 0 Å². The van der Waals surface area contributed by atoms with Crippen molar-refractivity contribution in [1.29, 1.82) is 0 Å². The monoisotopic (exact) mass is 259 g/mol. The summed E-state index contributed by atoms with van der Waals surface area (Å²) in [4.78, 5) is 17.5. The van der Waals surface area contributed by atoms with Crippen LogP contribution in [0.1, 0.15) is 50.8 Å². The van der Waals surface area contributed by atoms with Crippen LogP contribution < -0.4 is 5.73 Å². The number of benzene rings is 1. The highest BCUT2D eigenvalue weighted by molar-refractivity contribution is 6.03. The normalized spacial score (nSPS) is 19.5. The number of amidine groups is 1. The second-order valence-corrected chi connectivity index (χ2v) is 5.54. The lowest BCUT2D eigenvalue weighted by Crippen LogP contribution is -2.38. The number of urea groups is 1. The van der Waals surface area contributed by atoms with Gasteiger partial charge in [0.25, 0.3) is 0 Å². The van der Waals surface area contributed by atoms with E-state index in [0.717, 1.165) is 5.56 Å². The van der Waals surface area contributed by atoms with E-state index in [-0.39, 0.29) is 18.1 Å². The predicted octanol–water partition coefficient (Wildman–Crippen LogP) is 3.05.